The van der Waals surface area contributed by atoms with Gasteiger partial charge in [-0.05, 0) is 49.5 Å². The summed E-state index contributed by atoms with van der Waals surface area (Å²) in [5.41, 5.74) is 0.442. The number of hydrogen-bond donors (Lipinski definition) is 1. The Hall–Kier alpha value is -2.25. The number of carbonyl (C=O) groups is 2. The van der Waals surface area contributed by atoms with Crippen LogP contribution in [0.2, 0.25) is 5.02 Å². The Bertz CT molecular complexity index is 791. The van der Waals surface area contributed by atoms with Crippen molar-refractivity contribution >= 4 is 34.9 Å². The van der Waals surface area contributed by atoms with Gasteiger partial charge in [0.2, 0.25) is 5.91 Å². The number of carbonyl (C=O) groups excluding carboxylic acids is 2. The molecule has 0 fully saturated rings. The number of nitrogens with zero attached hydrogens (tertiary/aromatic N) is 3. The fourth-order valence-electron chi connectivity index (χ4n) is 2.46. The smallest absolute Gasteiger partial charge is 0.276 e. The molecule has 1 heterocycles. The molecule has 0 spiro atoms. The van der Waals surface area contributed by atoms with Gasteiger partial charge in [0.1, 0.15) is 6.04 Å². The van der Waals surface area contributed by atoms with Gasteiger partial charge in [0, 0.05) is 22.5 Å². The van der Waals surface area contributed by atoms with Gasteiger partial charge in [0.15, 0.2) is 5.69 Å². The van der Waals surface area contributed by atoms with Crippen LogP contribution in [-0.4, -0.2) is 38.4 Å². The lowest BCUT2D eigenvalue weighted by molar-refractivity contribution is -0.127. The normalized spacial score (nSPS) is 12.3. The van der Waals surface area contributed by atoms with Crippen molar-refractivity contribution in [1.29, 1.82) is 0 Å². The largest absolute Gasteiger partial charge is 0.349 e. The first-order valence-corrected chi connectivity index (χ1v) is 9.77. The van der Waals surface area contributed by atoms with Crippen LogP contribution < -0.4 is 5.32 Å². The summed E-state index contributed by atoms with van der Waals surface area (Å²) in [5.74, 6) is -0.657. The van der Waals surface area contributed by atoms with E-state index in [1.54, 1.807) is 35.7 Å². The second-order valence-electron chi connectivity index (χ2n) is 6.72. The van der Waals surface area contributed by atoms with E-state index in [0.717, 1.165) is 18.0 Å². The predicted octanol–water partition coefficient (Wildman–Crippen LogP) is 3.87. The van der Waals surface area contributed by atoms with Crippen molar-refractivity contribution in [2.75, 3.05) is 6.54 Å². The fraction of sp³-hybridized carbons (Fsp3) is 0.368. The van der Waals surface area contributed by atoms with E-state index in [-0.39, 0.29) is 24.1 Å². The summed E-state index contributed by atoms with van der Waals surface area (Å²) in [6, 6.07) is 6.04. The molecule has 1 aromatic carbocycles. The molecule has 0 saturated heterocycles. The molecule has 2 rings (SSSR count). The summed E-state index contributed by atoms with van der Waals surface area (Å²) in [5, 5.41) is 8.99. The monoisotopic (exact) mass is 406 g/mol. The fourth-order valence-corrected chi connectivity index (χ4v) is 3.01. The van der Waals surface area contributed by atoms with Crippen LogP contribution in [0.25, 0.3) is 0 Å². The molecule has 0 radical (unpaired) electrons. The Morgan fingerprint density at radius 3 is 2.56 bits per heavy atom. The van der Waals surface area contributed by atoms with Crippen LogP contribution in [0.15, 0.2) is 42.3 Å². The van der Waals surface area contributed by atoms with Crippen LogP contribution in [0.3, 0.4) is 0 Å². The van der Waals surface area contributed by atoms with Crippen LogP contribution in [0, 0.1) is 0 Å². The number of nitrogens with one attached hydrogen (secondary N) is 1. The van der Waals surface area contributed by atoms with Gasteiger partial charge in [-0.2, -0.15) is 0 Å². The highest BCUT2D eigenvalue weighted by atomic mass is 35.5. The molecule has 1 atom stereocenters. The molecule has 0 saturated carbocycles. The maximum absolute atomic E-state index is 13.2. The number of aromatic nitrogens is 2. The van der Waals surface area contributed by atoms with Crippen LogP contribution in [0.4, 0.5) is 0 Å². The third-order valence-electron chi connectivity index (χ3n) is 4.26. The number of halogens is 1. The molecular weight excluding hydrogens is 384 g/mol. The van der Waals surface area contributed by atoms with Crippen LogP contribution in [-0.2, 0) is 4.79 Å². The zero-order valence-electron chi connectivity index (χ0n) is 15.6. The van der Waals surface area contributed by atoms with E-state index in [1.165, 1.54) is 4.90 Å². The summed E-state index contributed by atoms with van der Waals surface area (Å²) in [7, 11) is 0. The molecule has 0 aliphatic heterocycles. The molecule has 1 N–H and O–H groups in total. The summed E-state index contributed by atoms with van der Waals surface area (Å²) in [6.07, 6.45) is 2.33. The van der Waals surface area contributed by atoms with Crippen molar-refractivity contribution in [2.24, 2.45) is 0 Å². The lowest BCUT2D eigenvalue weighted by Crippen LogP contribution is -2.50. The Balaban J connectivity index is 2.47. The molecule has 27 heavy (non-hydrogen) atoms. The Kier molecular flexibility index (Phi) is 7.10. The van der Waals surface area contributed by atoms with Crippen molar-refractivity contribution < 1.29 is 9.59 Å². The Labute approximate surface area is 168 Å². The van der Waals surface area contributed by atoms with Gasteiger partial charge in [-0.25, -0.2) is 0 Å². The van der Waals surface area contributed by atoms with Gasteiger partial charge in [-0.1, -0.05) is 41.2 Å². The minimum atomic E-state index is -0.847. The first kappa shape index (κ1) is 21.1. The van der Waals surface area contributed by atoms with E-state index in [9.17, 15) is 9.59 Å². The minimum absolute atomic E-state index is 0.184. The number of hydrogen-bond acceptors (Lipinski definition) is 5. The molecule has 2 amide bonds. The van der Waals surface area contributed by atoms with Gasteiger partial charge in [-0.15, -0.1) is 11.7 Å². The second kappa shape index (κ2) is 9.10. The molecule has 6 nitrogen and oxygen atoms in total. The van der Waals surface area contributed by atoms with Crippen LogP contribution >= 0.6 is 23.1 Å². The SMILES string of the molecule is C=CCN(C(=O)c1csnn1)[C@H](C(=O)NC(C)(C)CC)c1ccc(Cl)cc1. The van der Waals surface area contributed by atoms with Gasteiger partial charge < -0.3 is 10.2 Å². The third kappa shape index (κ3) is 5.37. The number of benzene rings is 1. The first-order chi connectivity index (χ1) is 12.8. The van der Waals surface area contributed by atoms with E-state index in [2.05, 4.69) is 21.5 Å². The third-order valence-corrected chi connectivity index (χ3v) is 5.01. The molecule has 1 aromatic heterocycles. The first-order valence-electron chi connectivity index (χ1n) is 8.55. The Morgan fingerprint density at radius 1 is 1.37 bits per heavy atom. The number of rotatable bonds is 8. The average molecular weight is 407 g/mol. The number of amides is 2. The van der Waals surface area contributed by atoms with Crippen molar-refractivity contribution in [3.8, 4) is 0 Å². The van der Waals surface area contributed by atoms with E-state index < -0.39 is 11.6 Å². The molecule has 0 unspecified atom stereocenters. The van der Waals surface area contributed by atoms with E-state index in [4.69, 9.17) is 11.6 Å². The zero-order valence-corrected chi connectivity index (χ0v) is 17.2. The zero-order chi connectivity index (χ0) is 20.0. The molecule has 2 aromatic rings. The standard InChI is InChI=1S/C19H23ClN4O2S/c1-5-11-24(18(26)15-12-27-23-22-15)16(13-7-9-14(20)10-8-13)17(25)21-19(3,4)6-2/h5,7-10,12,16H,1,6,11H2,2-4H3,(H,21,25)/t16-/m0/s1. The summed E-state index contributed by atoms with van der Waals surface area (Å²) >= 11 is 7.08. The van der Waals surface area contributed by atoms with Gasteiger partial charge in [0.25, 0.3) is 5.91 Å². The van der Waals surface area contributed by atoms with Crippen molar-refractivity contribution in [2.45, 2.75) is 38.8 Å². The highest BCUT2D eigenvalue weighted by Gasteiger charge is 2.34. The van der Waals surface area contributed by atoms with Crippen molar-refractivity contribution in [3.05, 3.63) is 58.6 Å². The highest BCUT2D eigenvalue weighted by molar-refractivity contribution is 7.03. The van der Waals surface area contributed by atoms with Crippen LogP contribution in [0.1, 0.15) is 49.3 Å². The predicted molar refractivity (Wildman–Crippen MR) is 108 cm³/mol. The van der Waals surface area contributed by atoms with E-state index >= 15 is 0 Å². The van der Waals surface area contributed by atoms with E-state index in [1.807, 2.05) is 20.8 Å². The molecule has 0 bridgehead atoms. The lowest BCUT2D eigenvalue weighted by Gasteiger charge is -2.33. The summed E-state index contributed by atoms with van der Waals surface area (Å²) in [4.78, 5) is 27.6. The van der Waals surface area contributed by atoms with Gasteiger partial charge >= 0.3 is 0 Å². The van der Waals surface area contributed by atoms with Gasteiger partial charge in [-0.3, -0.25) is 9.59 Å². The quantitative estimate of drug-likeness (QED) is 0.675. The maximum Gasteiger partial charge on any atom is 0.276 e. The molecular formula is C19H23ClN4O2S. The van der Waals surface area contributed by atoms with Crippen molar-refractivity contribution in [3.63, 3.8) is 0 Å². The Morgan fingerprint density at radius 2 is 2.04 bits per heavy atom. The van der Waals surface area contributed by atoms with Crippen LogP contribution in [0.5, 0.6) is 0 Å². The average Bonchev–Trinajstić information content (AvgIpc) is 3.16. The molecule has 144 valence electrons. The second-order valence-corrected chi connectivity index (χ2v) is 7.76. The van der Waals surface area contributed by atoms with E-state index in [0.29, 0.717) is 10.6 Å². The topological polar surface area (TPSA) is 75.2 Å². The summed E-state index contributed by atoms with van der Waals surface area (Å²) in [6.45, 7) is 9.78. The molecule has 0 aliphatic rings. The maximum atomic E-state index is 13.2. The van der Waals surface area contributed by atoms with Gasteiger partial charge in [0.05, 0.1) is 0 Å². The summed E-state index contributed by atoms with van der Waals surface area (Å²) < 4.78 is 3.75. The lowest BCUT2D eigenvalue weighted by atomic mass is 9.98. The highest BCUT2D eigenvalue weighted by Crippen LogP contribution is 2.26. The van der Waals surface area contributed by atoms with Crippen molar-refractivity contribution in [1.82, 2.24) is 19.8 Å². The minimum Gasteiger partial charge on any atom is -0.349 e. The molecule has 8 heteroatoms. The molecule has 0 aliphatic carbocycles.